The van der Waals surface area contributed by atoms with Crippen molar-refractivity contribution in [1.82, 2.24) is 0 Å². The van der Waals surface area contributed by atoms with Crippen molar-refractivity contribution in [3.8, 4) is 5.75 Å². The van der Waals surface area contributed by atoms with Crippen molar-refractivity contribution in [2.24, 2.45) is 4.99 Å². The van der Waals surface area contributed by atoms with Crippen LogP contribution in [0.25, 0.3) is 6.08 Å². The molecule has 0 aromatic heterocycles. The average molecular weight is 340 g/mol. The molecule has 0 aliphatic carbocycles. The van der Waals surface area contributed by atoms with Crippen LogP contribution >= 0.6 is 11.6 Å². The van der Waals surface area contributed by atoms with Crippen LogP contribution in [-0.2, 0) is 16.0 Å². The Bertz CT molecular complexity index is 901. The second-order valence-corrected chi connectivity index (χ2v) is 6.22. The van der Waals surface area contributed by atoms with Gasteiger partial charge in [0.05, 0.1) is 10.6 Å². The van der Waals surface area contributed by atoms with Crippen LogP contribution in [0.1, 0.15) is 23.6 Å². The van der Waals surface area contributed by atoms with E-state index in [-0.39, 0.29) is 17.7 Å². The second kappa shape index (κ2) is 5.80. The number of fused-ring (bicyclic) bond motifs is 1. The molecule has 0 spiro atoms. The number of hydrogen-bond acceptors (Lipinski definition) is 4. The van der Waals surface area contributed by atoms with Gasteiger partial charge in [0.2, 0.25) is 5.90 Å². The topological polar surface area (TPSA) is 47.9 Å². The third-order valence-electron chi connectivity index (χ3n) is 3.95. The highest BCUT2D eigenvalue weighted by atomic mass is 35.5. The Balaban J connectivity index is 1.67. The Morgan fingerprint density at radius 1 is 1.25 bits per heavy atom. The molecule has 2 heterocycles. The van der Waals surface area contributed by atoms with Gasteiger partial charge < -0.3 is 9.47 Å². The van der Waals surface area contributed by atoms with Crippen molar-refractivity contribution < 1.29 is 14.3 Å². The summed E-state index contributed by atoms with van der Waals surface area (Å²) >= 11 is 6.13. The quantitative estimate of drug-likeness (QED) is 0.613. The van der Waals surface area contributed by atoms with E-state index in [4.69, 9.17) is 21.1 Å². The maximum absolute atomic E-state index is 12.1. The molecule has 24 heavy (non-hydrogen) atoms. The van der Waals surface area contributed by atoms with Crippen LogP contribution in [0.2, 0.25) is 5.02 Å². The number of carbonyl (C=O) groups is 1. The van der Waals surface area contributed by atoms with Crippen LogP contribution in [0.3, 0.4) is 0 Å². The molecule has 0 bridgehead atoms. The minimum absolute atomic E-state index is 0.184. The molecule has 0 radical (unpaired) electrons. The molecule has 2 aliphatic heterocycles. The lowest BCUT2D eigenvalue weighted by Crippen LogP contribution is -2.05. The zero-order valence-electron chi connectivity index (χ0n) is 13.0. The third kappa shape index (κ3) is 2.69. The molecular weight excluding hydrogens is 326 g/mol. The molecule has 0 fully saturated rings. The number of carbonyl (C=O) groups excluding carboxylic acids is 1. The van der Waals surface area contributed by atoms with Crippen molar-refractivity contribution in [3.63, 3.8) is 0 Å². The Morgan fingerprint density at radius 3 is 2.92 bits per heavy atom. The van der Waals surface area contributed by atoms with Gasteiger partial charge in [0.1, 0.15) is 11.9 Å². The van der Waals surface area contributed by atoms with Crippen molar-refractivity contribution in [1.29, 1.82) is 0 Å². The van der Waals surface area contributed by atoms with Crippen LogP contribution in [0.4, 0.5) is 0 Å². The maximum Gasteiger partial charge on any atom is 0.363 e. The molecule has 2 aliphatic rings. The summed E-state index contributed by atoms with van der Waals surface area (Å²) in [6.45, 7) is 2.03. The Kier molecular flexibility index (Phi) is 3.62. The van der Waals surface area contributed by atoms with Crippen molar-refractivity contribution >= 4 is 29.5 Å². The first-order valence-corrected chi connectivity index (χ1v) is 8.05. The number of rotatable bonds is 2. The Hall–Kier alpha value is -2.59. The van der Waals surface area contributed by atoms with E-state index in [1.165, 1.54) is 0 Å². The maximum atomic E-state index is 12.1. The zero-order valence-corrected chi connectivity index (χ0v) is 13.7. The standard InChI is InChI=1S/C19H14ClNO3/c1-11-8-13-9-12(6-7-17(13)23-11)10-16-19(22)24-18(21-16)14-4-2-3-5-15(14)20/h2-7,9-11H,8H2,1H3/b16-10+/t11-/m0/s1. The van der Waals surface area contributed by atoms with Crippen LogP contribution in [-0.4, -0.2) is 18.0 Å². The minimum atomic E-state index is -0.477. The fraction of sp³-hybridized carbons (Fsp3) is 0.158. The van der Waals surface area contributed by atoms with E-state index in [1.807, 2.05) is 37.3 Å². The molecule has 1 atom stereocenters. The normalized spacial score (nSPS) is 20.6. The molecule has 120 valence electrons. The Morgan fingerprint density at radius 2 is 2.08 bits per heavy atom. The molecular formula is C19H14ClNO3. The first kappa shape index (κ1) is 15.0. The molecule has 0 unspecified atom stereocenters. The van der Waals surface area contributed by atoms with Crippen molar-refractivity contribution in [3.05, 3.63) is 69.9 Å². The molecule has 0 saturated carbocycles. The van der Waals surface area contributed by atoms with Gasteiger partial charge in [0.25, 0.3) is 0 Å². The highest BCUT2D eigenvalue weighted by Gasteiger charge is 2.26. The molecule has 0 amide bonds. The number of halogens is 1. The number of aliphatic imine (C=N–C) groups is 1. The summed E-state index contributed by atoms with van der Waals surface area (Å²) < 4.78 is 10.9. The zero-order chi connectivity index (χ0) is 16.7. The highest BCUT2D eigenvalue weighted by molar-refractivity contribution is 6.34. The monoisotopic (exact) mass is 339 g/mol. The van der Waals surface area contributed by atoms with Crippen molar-refractivity contribution in [2.75, 3.05) is 0 Å². The first-order valence-electron chi connectivity index (χ1n) is 7.67. The fourth-order valence-electron chi connectivity index (χ4n) is 2.85. The summed E-state index contributed by atoms with van der Waals surface area (Å²) in [5, 5.41) is 0.494. The van der Waals surface area contributed by atoms with E-state index in [9.17, 15) is 4.79 Å². The molecule has 4 rings (SSSR count). The number of cyclic esters (lactones) is 1. The smallest absolute Gasteiger partial charge is 0.363 e. The van der Waals surface area contributed by atoms with Crippen molar-refractivity contribution in [2.45, 2.75) is 19.4 Å². The summed E-state index contributed by atoms with van der Waals surface area (Å²) in [6, 6.07) is 13.0. The van der Waals surface area contributed by atoms with Gasteiger partial charge in [0, 0.05) is 6.42 Å². The lowest BCUT2D eigenvalue weighted by molar-refractivity contribution is -0.129. The lowest BCUT2D eigenvalue weighted by Gasteiger charge is -2.02. The molecule has 4 nitrogen and oxygen atoms in total. The number of esters is 1. The van der Waals surface area contributed by atoms with Crippen LogP contribution in [0.15, 0.2) is 53.2 Å². The summed E-state index contributed by atoms with van der Waals surface area (Å²) in [5.41, 5.74) is 2.89. The van der Waals surface area contributed by atoms with E-state index in [1.54, 1.807) is 18.2 Å². The molecule has 5 heteroatoms. The van der Waals surface area contributed by atoms with Gasteiger partial charge in [0.15, 0.2) is 5.70 Å². The SMILES string of the molecule is C[C@H]1Cc2cc(/C=C3/N=C(c4ccccc4Cl)OC3=O)ccc2O1. The summed E-state index contributed by atoms with van der Waals surface area (Å²) in [6.07, 6.45) is 2.77. The van der Waals surface area contributed by atoms with E-state index >= 15 is 0 Å². The molecule has 0 saturated heterocycles. The number of benzene rings is 2. The van der Waals surface area contributed by atoms with Gasteiger partial charge in [-0.1, -0.05) is 29.8 Å². The summed E-state index contributed by atoms with van der Waals surface area (Å²) in [4.78, 5) is 16.4. The molecule has 0 N–H and O–H groups in total. The third-order valence-corrected chi connectivity index (χ3v) is 4.28. The van der Waals surface area contributed by atoms with E-state index < -0.39 is 5.97 Å². The predicted molar refractivity (Wildman–Crippen MR) is 92.3 cm³/mol. The number of hydrogen-bond donors (Lipinski definition) is 0. The first-order chi connectivity index (χ1) is 11.6. The minimum Gasteiger partial charge on any atom is -0.490 e. The van der Waals surface area contributed by atoms with Gasteiger partial charge in [-0.05, 0) is 48.4 Å². The lowest BCUT2D eigenvalue weighted by atomic mass is 10.1. The van der Waals surface area contributed by atoms with E-state index in [2.05, 4.69) is 4.99 Å². The van der Waals surface area contributed by atoms with Gasteiger partial charge in [-0.25, -0.2) is 9.79 Å². The van der Waals surface area contributed by atoms with Crippen LogP contribution < -0.4 is 4.74 Å². The van der Waals surface area contributed by atoms with Crippen LogP contribution in [0, 0.1) is 0 Å². The second-order valence-electron chi connectivity index (χ2n) is 5.82. The highest BCUT2D eigenvalue weighted by Crippen LogP contribution is 2.30. The number of ether oxygens (including phenoxy) is 2. The Labute approximate surface area is 144 Å². The van der Waals surface area contributed by atoms with Gasteiger partial charge >= 0.3 is 5.97 Å². The van der Waals surface area contributed by atoms with E-state index in [0.29, 0.717) is 10.6 Å². The fourth-order valence-corrected chi connectivity index (χ4v) is 3.07. The van der Waals surface area contributed by atoms with E-state index in [0.717, 1.165) is 23.3 Å². The van der Waals surface area contributed by atoms with Gasteiger partial charge in [-0.15, -0.1) is 0 Å². The molecule has 2 aromatic carbocycles. The van der Waals surface area contributed by atoms with Crippen LogP contribution in [0.5, 0.6) is 5.75 Å². The molecule has 2 aromatic rings. The largest absolute Gasteiger partial charge is 0.490 e. The predicted octanol–water partition coefficient (Wildman–Crippen LogP) is 4.01. The number of nitrogens with zero attached hydrogens (tertiary/aromatic N) is 1. The van der Waals surface area contributed by atoms with Gasteiger partial charge in [-0.3, -0.25) is 0 Å². The van der Waals surface area contributed by atoms with Gasteiger partial charge in [-0.2, -0.15) is 0 Å². The summed E-state index contributed by atoms with van der Waals surface area (Å²) in [5.74, 6) is 0.656. The summed E-state index contributed by atoms with van der Waals surface area (Å²) in [7, 11) is 0. The average Bonchev–Trinajstić information content (AvgIpc) is 3.09.